The summed E-state index contributed by atoms with van der Waals surface area (Å²) >= 11 is 0. The molecular weight excluding hydrogens is 522 g/mol. The quantitative estimate of drug-likeness (QED) is 0.273. The Hall–Kier alpha value is -5.25. The summed E-state index contributed by atoms with van der Waals surface area (Å²) in [5.74, 6) is -1.27. The van der Waals surface area contributed by atoms with Crippen LogP contribution >= 0.6 is 0 Å². The molecule has 0 saturated carbocycles. The van der Waals surface area contributed by atoms with Crippen molar-refractivity contribution in [2.45, 2.75) is 33.1 Å². The third kappa shape index (κ3) is 6.07. The number of hydrogen-bond acceptors (Lipinski definition) is 8. The van der Waals surface area contributed by atoms with Crippen LogP contribution in [0, 0.1) is 23.0 Å². The Morgan fingerprint density at radius 2 is 1.88 bits per heavy atom. The summed E-state index contributed by atoms with van der Waals surface area (Å²) < 4.78 is 41.5. The lowest BCUT2D eigenvalue weighted by Crippen LogP contribution is -2.22. The van der Waals surface area contributed by atoms with Gasteiger partial charge in [0.25, 0.3) is 0 Å². The maximum atomic E-state index is 14.8. The number of nitrogens with one attached hydrogen (secondary N) is 2. The number of ether oxygens (including phenoxy) is 2. The van der Waals surface area contributed by atoms with Crippen LogP contribution in [0.3, 0.4) is 0 Å². The van der Waals surface area contributed by atoms with E-state index in [0.29, 0.717) is 18.0 Å². The molecule has 206 valence electrons. The van der Waals surface area contributed by atoms with Crippen molar-refractivity contribution < 1.29 is 23.0 Å². The molecule has 0 atom stereocenters. The second-order valence-electron chi connectivity index (χ2n) is 9.50. The first-order valence-electron chi connectivity index (χ1n) is 12.1. The Morgan fingerprint density at radius 3 is 2.52 bits per heavy atom. The van der Waals surface area contributed by atoms with Crippen LogP contribution in [0.5, 0.6) is 17.4 Å². The van der Waals surface area contributed by atoms with Gasteiger partial charge < -0.3 is 20.5 Å². The number of benzene rings is 2. The van der Waals surface area contributed by atoms with Gasteiger partial charge in [0, 0.05) is 23.6 Å². The topological polar surface area (TPSA) is 153 Å². The van der Waals surface area contributed by atoms with E-state index in [1.165, 1.54) is 28.9 Å². The molecule has 11 nitrogen and oxygen atoms in total. The molecule has 0 bridgehead atoms. The molecule has 2 amide bonds. The van der Waals surface area contributed by atoms with E-state index in [9.17, 15) is 18.8 Å². The summed E-state index contributed by atoms with van der Waals surface area (Å²) in [7, 11) is 0. The molecule has 4 N–H and O–H groups in total. The summed E-state index contributed by atoms with van der Waals surface area (Å²) in [6, 6.07) is 10.7. The Morgan fingerprint density at radius 1 is 1.10 bits per heavy atom. The minimum Gasteiger partial charge on any atom is -0.491 e. The van der Waals surface area contributed by atoms with Gasteiger partial charge in [0.05, 0.1) is 23.7 Å². The number of amides is 2. The van der Waals surface area contributed by atoms with Gasteiger partial charge in [-0.3, -0.25) is 5.32 Å². The predicted octanol–water partition coefficient (Wildman–Crippen LogP) is 5.53. The predicted molar refractivity (Wildman–Crippen MR) is 144 cm³/mol. The Kier molecular flexibility index (Phi) is 7.81. The van der Waals surface area contributed by atoms with Crippen LogP contribution in [0.1, 0.15) is 39.0 Å². The number of nitrogens with two attached hydrogens (primary N) is 1. The fourth-order valence-electron chi connectivity index (χ4n) is 3.53. The van der Waals surface area contributed by atoms with Gasteiger partial charge in [0.1, 0.15) is 35.6 Å². The van der Waals surface area contributed by atoms with E-state index < -0.39 is 17.7 Å². The molecule has 2 aromatic heterocycles. The number of carbonyl (C=O) groups is 1. The highest BCUT2D eigenvalue weighted by Crippen LogP contribution is 2.30. The molecule has 0 saturated heterocycles. The first-order chi connectivity index (χ1) is 19.0. The monoisotopic (exact) mass is 548 g/mol. The fourth-order valence-corrected chi connectivity index (χ4v) is 3.53. The van der Waals surface area contributed by atoms with E-state index in [2.05, 4.69) is 25.7 Å². The number of carbonyl (C=O) groups excluding carboxylic acids is 1. The average molecular weight is 549 g/mol. The molecule has 40 heavy (non-hydrogen) atoms. The summed E-state index contributed by atoms with van der Waals surface area (Å²) in [4.78, 5) is 20.4. The summed E-state index contributed by atoms with van der Waals surface area (Å²) in [5.41, 5.74) is 5.99. The van der Waals surface area contributed by atoms with Crippen molar-refractivity contribution in [1.29, 1.82) is 5.26 Å². The summed E-state index contributed by atoms with van der Waals surface area (Å²) in [6.45, 7) is 7.88. The van der Waals surface area contributed by atoms with E-state index in [1.54, 1.807) is 19.1 Å². The molecule has 13 heteroatoms. The largest absolute Gasteiger partial charge is 0.491 e. The van der Waals surface area contributed by atoms with Gasteiger partial charge in [-0.1, -0.05) is 20.8 Å². The zero-order valence-electron chi connectivity index (χ0n) is 22.1. The number of nitrogens with zero attached hydrogens (tertiary/aromatic N) is 5. The molecular formula is C27H26F2N8O3. The highest BCUT2D eigenvalue weighted by atomic mass is 19.1. The van der Waals surface area contributed by atoms with Gasteiger partial charge in [-0.15, -0.1) is 0 Å². The molecule has 4 aromatic rings. The van der Waals surface area contributed by atoms with Crippen LogP contribution in [-0.4, -0.2) is 32.4 Å². The molecule has 2 aromatic carbocycles. The van der Waals surface area contributed by atoms with Crippen LogP contribution in [0.4, 0.5) is 30.9 Å². The van der Waals surface area contributed by atoms with Crippen LogP contribution in [-0.2, 0) is 5.41 Å². The van der Waals surface area contributed by atoms with Gasteiger partial charge in [-0.25, -0.2) is 28.2 Å². The molecule has 0 spiro atoms. The zero-order chi connectivity index (χ0) is 29.0. The number of nitrogen functional groups attached to an aromatic ring is 1. The van der Waals surface area contributed by atoms with Crippen molar-refractivity contribution in [3.05, 3.63) is 71.7 Å². The lowest BCUT2D eigenvalue weighted by Gasteiger charge is -2.14. The van der Waals surface area contributed by atoms with Crippen LogP contribution in [0.25, 0.3) is 5.69 Å². The molecule has 0 radical (unpaired) electrons. The summed E-state index contributed by atoms with van der Waals surface area (Å²) in [5, 5.41) is 18.9. The molecule has 0 aliphatic rings. The van der Waals surface area contributed by atoms with Gasteiger partial charge in [0.15, 0.2) is 17.1 Å². The number of urea groups is 1. The minimum atomic E-state index is -0.814. The lowest BCUT2D eigenvalue weighted by molar-refractivity contribution is 0.262. The second-order valence-corrected chi connectivity index (χ2v) is 9.50. The van der Waals surface area contributed by atoms with Crippen LogP contribution in [0.15, 0.2) is 48.8 Å². The number of halogens is 2. The zero-order valence-corrected chi connectivity index (χ0v) is 22.1. The van der Waals surface area contributed by atoms with E-state index in [-0.39, 0.29) is 45.7 Å². The molecule has 0 aliphatic heterocycles. The lowest BCUT2D eigenvalue weighted by atomic mass is 9.92. The van der Waals surface area contributed by atoms with Crippen LogP contribution < -0.4 is 25.8 Å². The van der Waals surface area contributed by atoms with E-state index in [0.717, 1.165) is 12.4 Å². The van der Waals surface area contributed by atoms with Gasteiger partial charge in [-0.2, -0.15) is 10.4 Å². The maximum Gasteiger partial charge on any atom is 0.324 e. The third-order valence-corrected chi connectivity index (χ3v) is 5.54. The third-order valence-electron chi connectivity index (χ3n) is 5.54. The van der Waals surface area contributed by atoms with Crippen molar-refractivity contribution in [2.75, 3.05) is 23.0 Å². The van der Waals surface area contributed by atoms with Crippen LogP contribution in [0.2, 0.25) is 0 Å². The number of hydrogen-bond donors (Lipinski definition) is 3. The molecule has 0 fully saturated rings. The summed E-state index contributed by atoms with van der Waals surface area (Å²) in [6.07, 6.45) is 1.11. The van der Waals surface area contributed by atoms with Crippen molar-refractivity contribution in [3.63, 3.8) is 0 Å². The van der Waals surface area contributed by atoms with Gasteiger partial charge in [0.2, 0.25) is 5.88 Å². The fraction of sp³-hybridized carbons (Fsp3) is 0.222. The van der Waals surface area contributed by atoms with Gasteiger partial charge in [-0.05, 0) is 31.2 Å². The van der Waals surface area contributed by atoms with Crippen molar-refractivity contribution in [3.8, 4) is 29.1 Å². The molecule has 4 rings (SSSR count). The van der Waals surface area contributed by atoms with E-state index in [1.807, 2.05) is 26.8 Å². The Bertz CT molecular complexity index is 1610. The standard InChI is InChI=1S/C27H26F2N8O3/c1-5-39-21-9-6-15(10-19(21)29)37-23(12-22(36-37)27(2,3)4)35-26(38)34-20-8-7-16(11-18(20)28)40-25-17(13-30)24(31)32-14-33-25/h6-12,14H,5H2,1-4H3,(H2,31,32,33)(H2,34,35,38). The molecule has 0 aliphatic carbocycles. The number of aromatic nitrogens is 4. The SMILES string of the molecule is CCOc1ccc(-n2nc(C(C)(C)C)cc2NC(=O)Nc2ccc(Oc3ncnc(N)c3C#N)cc2F)cc1F. The number of nitriles is 1. The van der Waals surface area contributed by atoms with E-state index >= 15 is 0 Å². The average Bonchev–Trinajstić information content (AvgIpc) is 3.31. The number of rotatable bonds is 7. The highest BCUT2D eigenvalue weighted by molar-refractivity contribution is 5.99. The van der Waals surface area contributed by atoms with E-state index in [4.69, 9.17) is 15.2 Å². The minimum absolute atomic E-state index is 0.0171. The van der Waals surface area contributed by atoms with Crippen molar-refractivity contribution >= 4 is 23.4 Å². The first kappa shape index (κ1) is 27.8. The smallest absolute Gasteiger partial charge is 0.324 e. The van der Waals surface area contributed by atoms with Crippen molar-refractivity contribution in [1.82, 2.24) is 19.7 Å². The first-order valence-corrected chi connectivity index (χ1v) is 12.1. The second kappa shape index (κ2) is 11.2. The van der Waals surface area contributed by atoms with Gasteiger partial charge >= 0.3 is 6.03 Å². The normalized spacial score (nSPS) is 11.0. The Labute approximate surface area is 228 Å². The maximum absolute atomic E-state index is 14.8. The highest BCUT2D eigenvalue weighted by Gasteiger charge is 2.22. The van der Waals surface area contributed by atoms with Crippen molar-refractivity contribution in [2.24, 2.45) is 0 Å². The molecule has 0 unspecified atom stereocenters. The number of anilines is 3. The Balaban J connectivity index is 1.55. The molecule has 2 heterocycles.